The third kappa shape index (κ3) is 3.11. The second-order valence-corrected chi connectivity index (χ2v) is 8.63. The van der Waals surface area contributed by atoms with E-state index in [9.17, 15) is 4.79 Å². The molecule has 0 atom stereocenters. The molecule has 0 saturated carbocycles. The van der Waals surface area contributed by atoms with E-state index in [0.717, 1.165) is 27.5 Å². The molecule has 0 spiro atoms. The van der Waals surface area contributed by atoms with Crippen LogP contribution in [0.1, 0.15) is 23.9 Å². The largest absolute Gasteiger partial charge is 0.316 e. The number of hydrogen-bond donors (Lipinski definition) is 1. The van der Waals surface area contributed by atoms with Crippen LogP contribution in [0.5, 0.6) is 0 Å². The second-order valence-electron chi connectivity index (χ2n) is 6.58. The lowest BCUT2D eigenvalue weighted by Crippen LogP contribution is -2.35. The van der Waals surface area contributed by atoms with Crippen LogP contribution in [0, 0.1) is 19.3 Å². The molecule has 0 saturated heterocycles. The summed E-state index contributed by atoms with van der Waals surface area (Å²) in [7, 11) is 0. The number of halogens is 2. The number of carbonyl (C=O) groups excluding carboxylic acids is 1. The highest BCUT2D eigenvalue weighted by atomic mass is 35.5. The van der Waals surface area contributed by atoms with Gasteiger partial charge in [0.15, 0.2) is 5.17 Å². The lowest BCUT2D eigenvalue weighted by Gasteiger charge is -2.22. The lowest BCUT2D eigenvalue weighted by atomic mass is 10.1. The SMILES string of the molecule is CC1=CN2C(=N)C(=Cc3cc(C)n(-c4ccc(Cl)cc4Cl)c3C)C(=O)N=C2S1. The van der Waals surface area contributed by atoms with Crippen molar-refractivity contribution in [2.45, 2.75) is 20.8 Å². The first kappa shape index (κ1) is 19.1. The molecule has 28 heavy (non-hydrogen) atoms. The van der Waals surface area contributed by atoms with Crippen molar-refractivity contribution in [1.82, 2.24) is 9.47 Å². The molecule has 2 aliphatic rings. The van der Waals surface area contributed by atoms with Crippen LogP contribution in [0.4, 0.5) is 0 Å². The number of nitrogens with one attached hydrogen (secondary N) is 1. The smallest absolute Gasteiger partial charge is 0.283 e. The van der Waals surface area contributed by atoms with Gasteiger partial charge in [-0.25, -0.2) is 0 Å². The zero-order valence-electron chi connectivity index (χ0n) is 15.4. The number of fused-ring (bicyclic) bond motifs is 1. The van der Waals surface area contributed by atoms with Crippen molar-refractivity contribution < 1.29 is 4.79 Å². The Bertz CT molecular complexity index is 1140. The van der Waals surface area contributed by atoms with Crippen molar-refractivity contribution in [3.05, 3.63) is 67.9 Å². The Hall–Kier alpha value is -2.28. The first-order valence-corrected chi connectivity index (χ1v) is 10.1. The predicted molar refractivity (Wildman–Crippen MR) is 117 cm³/mol. The van der Waals surface area contributed by atoms with E-state index >= 15 is 0 Å². The molecule has 1 aromatic heterocycles. The van der Waals surface area contributed by atoms with E-state index in [4.69, 9.17) is 28.6 Å². The molecule has 0 aliphatic carbocycles. The molecule has 0 unspecified atom stereocenters. The minimum atomic E-state index is -0.402. The number of amidine groups is 2. The van der Waals surface area contributed by atoms with Gasteiger partial charge in [0.05, 0.1) is 16.3 Å². The van der Waals surface area contributed by atoms with Gasteiger partial charge in [-0.05, 0) is 56.7 Å². The van der Waals surface area contributed by atoms with Crippen LogP contribution < -0.4 is 0 Å². The van der Waals surface area contributed by atoms with Crippen LogP contribution in [0.15, 0.2) is 45.9 Å². The molecule has 0 radical (unpaired) electrons. The maximum Gasteiger partial charge on any atom is 0.283 e. The van der Waals surface area contributed by atoms with E-state index in [0.29, 0.717) is 15.2 Å². The number of rotatable bonds is 2. The van der Waals surface area contributed by atoms with Gasteiger partial charge in [0.2, 0.25) is 0 Å². The summed E-state index contributed by atoms with van der Waals surface area (Å²) in [6.07, 6.45) is 3.54. The quantitative estimate of drug-likeness (QED) is 0.633. The van der Waals surface area contributed by atoms with Gasteiger partial charge in [0.25, 0.3) is 5.91 Å². The van der Waals surface area contributed by atoms with E-state index in [-0.39, 0.29) is 11.4 Å². The highest BCUT2D eigenvalue weighted by Gasteiger charge is 2.33. The summed E-state index contributed by atoms with van der Waals surface area (Å²) in [5, 5.41) is 10.1. The Morgan fingerprint density at radius 2 is 1.93 bits per heavy atom. The Morgan fingerprint density at radius 1 is 1.18 bits per heavy atom. The molecular formula is C20H16Cl2N4OS. The number of amides is 1. The average molecular weight is 431 g/mol. The first-order chi connectivity index (χ1) is 13.3. The van der Waals surface area contributed by atoms with Crippen molar-refractivity contribution in [1.29, 1.82) is 5.41 Å². The number of benzene rings is 1. The van der Waals surface area contributed by atoms with Crippen LogP contribution in [0.25, 0.3) is 11.8 Å². The van der Waals surface area contributed by atoms with Gasteiger partial charge in [-0.1, -0.05) is 35.0 Å². The van der Waals surface area contributed by atoms with Gasteiger partial charge < -0.3 is 4.57 Å². The third-order valence-corrected chi connectivity index (χ3v) is 6.05. The van der Waals surface area contributed by atoms with Crippen molar-refractivity contribution in [2.75, 3.05) is 0 Å². The maximum absolute atomic E-state index is 12.5. The van der Waals surface area contributed by atoms with Gasteiger partial charge in [0, 0.05) is 27.5 Å². The number of allylic oxidation sites excluding steroid dienone is 1. The topological polar surface area (TPSA) is 61.5 Å². The molecule has 4 rings (SSSR count). The Morgan fingerprint density at radius 3 is 2.64 bits per heavy atom. The van der Waals surface area contributed by atoms with Gasteiger partial charge in [0.1, 0.15) is 5.84 Å². The molecule has 2 aliphatic heterocycles. The van der Waals surface area contributed by atoms with Crippen LogP contribution in [-0.2, 0) is 4.79 Å². The molecule has 142 valence electrons. The normalized spacial score (nSPS) is 17.9. The van der Waals surface area contributed by atoms with Gasteiger partial charge in [-0.15, -0.1) is 0 Å². The molecule has 3 heterocycles. The van der Waals surface area contributed by atoms with Crippen LogP contribution in [-0.4, -0.2) is 26.4 Å². The Labute approximate surface area is 176 Å². The van der Waals surface area contributed by atoms with Crippen molar-refractivity contribution >= 4 is 58.0 Å². The molecule has 0 bridgehead atoms. The van der Waals surface area contributed by atoms with E-state index in [1.54, 1.807) is 23.1 Å². The minimum absolute atomic E-state index is 0.133. The van der Waals surface area contributed by atoms with Crippen molar-refractivity contribution in [3.8, 4) is 5.69 Å². The fourth-order valence-corrected chi connectivity index (χ4v) is 4.63. The maximum atomic E-state index is 12.5. The van der Waals surface area contributed by atoms with E-state index in [1.165, 1.54) is 11.8 Å². The van der Waals surface area contributed by atoms with Crippen LogP contribution in [0.3, 0.4) is 0 Å². The highest BCUT2D eigenvalue weighted by Crippen LogP contribution is 2.34. The number of aromatic nitrogens is 1. The van der Waals surface area contributed by atoms with Crippen LogP contribution in [0.2, 0.25) is 10.0 Å². The summed E-state index contributed by atoms with van der Waals surface area (Å²) in [6, 6.07) is 7.32. The standard InChI is InChI=1S/C20H16Cl2N4OS/c1-10-6-13(12(3)26(10)17-5-4-14(21)8-16(17)22)7-15-18(23)25-9-11(2)28-20(25)24-19(15)27/h4-9,23H,1-3H3. The number of thioether (sulfide) groups is 1. The molecule has 8 heteroatoms. The molecular weight excluding hydrogens is 415 g/mol. The Balaban J connectivity index is 1.79. The fraction of sp³-hybridized carbons (Fsp3) is 0.150. The Kier molecular flexibility index (Phi) is 4.73. The van der Waals surface area contributed by atoms with Gasteiger partial charge >= 0.3 is 0 Å². The fourth-order valence-electron chi connectivity index (χ4n) is 3.32. The molecule has 5 nitrogen and oxygen atoms in total. The summed E-state index contributed by atoms with van der Waals surface area (Å²) in [5.74, 6) is -0.269. The molecule has 2 aromatic rings. The van der Waals surface area contributed by atoms with E-state index in [1.807, 2.05) is 43.7 Å². The zero-order valence-corrected chi connectivity index (χ0v) is 17.7. The summed E-state index contributed by atoms with van der Waals surface area (Å²) in [5.41, 5.74) is 3.78. The number of hydrogen-bond acceptors (Lipinski definition) is 3. The first-order valence-electron chi connectivity index (χ1n) is 8.50. The number of aliphatic imine (C=N–C) groups is 1. The minimum Gasteiger partial charge on any atom is -0.316 e. The molecule has 1 aromatic carbocycles. The number of nitrogens with zero attached hydrogens (tertiary/aromatic N) is 3. The second kappa shape index (κ2) is 6.95. The summed E-state index contributed by atoms with van der Waals surface area (Å²) in [4.78, 5) is 19.3. The van der Waals surface area contributed by atoms with Gasteiger partial charge in [-0.3, -0.25) is 15.1 Å². The van der Waals surface area contributed by atoms with E-state index < -0.39 is 5.91 Å². The lowest BCUT2D eigenvalue weighted by molar-refractivity contribution is -0.114. The summed E-state index contributed by atoms with van der Waals surface area (Å²) < 4.78 is 2.01. The van der Waals surface area contributed by atoms with E-state index in [2.05, 4.69) is 4.99 Å². The van der Waals surface area contributed by atoms with Crippen molar-refractivity contribution in [3.63, 3.8) is 0 Å². The predicted octanol–water partition coefficient (Wildman–Crippen LogP) is 5.57. The highest BCUT2D eigenvalue weighted by molar-refractivity contribution is 8.17. The van der Waals surface area contributed by atoms with Gasteiger partial charge in [-0.2, -0.15) is 4.99 Å². The molecule has 0 fully saturated rings. The summed E-state index contributed by atoms with van der Waals surface area (Å²) in [6.45, 7) is 5.84. The van der Waals surface area contributed by atoms with Crippen LogP contribution >= 0.6 is 35.0 Å². The number of carbonyl (C=O) groups is 1. The number of aryl methyl sites for hydroxylation is 1. The van der Waals surface area contributed by atoms with Crippen molar-refractivity contribution in [2.24, 2.45) is 4.99 Å². The summed E-state index contributed by atoms with van der Waals surface area (Å²) >= 11 is 13.8. The monoisotopic (exact) mass is 430 g/mol. The third-order valence-electron chi connectivity index (χ3n) is 4.61. The zero-order chi connectivity index (χ0) is 20.2. The average Bonchev–Trinajstić information content (AvgIpc) is 3.12. The molecule has 1 amide bonds. The molecule has 1 N–H and O–H groups in total.